The van der Waals surface area contributed by atoms with E-state index in [1.54, 1.807) is 36.4 Å². The molecule has 3 amide bonds. The van der Waals surface area contributed by atoms with Gasteiger partial charge < -0.3 is 9.73 Å². The Balaban J connectivity index is 1.39. The molecular weight excluding hydrogens is 470 g/mol. The van der Waals surface area contributed by atoms with Crippen molar-refractivity contribution in [3.05, 3.63) is 94.8 Å². The highest BCUT2D eigenvalue weighted by atomic mass is 32.2. The Hall–Kier alpha value is -3.69. The summed E-state index contributed by atoms with van der Waals surface area (Å²) in [6.07, 6.45) is 1.53. The smallest absolute Gasteiger partial charge is 0.267 e. The van der Waals surface area contributed by atoms with E-state index in [4.69, 9.17) is 16.6 Å². The van der Waals surface area contributed by atoms with Crippen molar-refractivity contribution < 1.29 is 18.8 Å². The second-order valence-electron chi connectivity index (χ2n) is 7.71. The summed E-state index contributed by atoms with van der Waals surface area (Å²) in [6.45, 7) is 0.399. The average Bonchev–Trinajstić information content (AvgIpc) is 3.53. The number of thiocarbonyl (C=S) groups is 1. The van der Waals surface area contributed by atoms with Gasteiger partial charge in [0.2, 0.25) is 5.91 Å². The fourth-order valence-corrected chi connectivity index (χ4v) is 5.22. The number of para-hydroxylation sites is 1. The van der Waals surface area contributed by atoms with Crippen LogP contribution in [0.5, 0.6) is 0 Å². The average molecular weight is 490 g/mol. The second kappa shape index (κ2) is 9.28. The van der Waals surface area contributed by atoms with Crippen molar-refractivity contribution in [2.45, 2.75) is 13.1 Å². The van der Waals surface area contributed by atoms with Crippen molar-refractivity contribution in [3.8, 4) is 0 Å². The maximum atomic E-state index is 13.5. The molecule has 9 heteroatoms. The van der Waals surface area contributed by atoms with Gasteiger partial charge in [-0.15, -0.1) is 0 Å². The Bertz CT molecular complexity index is 1320. The van der Waals surface area contributed by atoms with Crippen molar-refractivity contribution in [2.75, 3.05) is 11.4 Å². The van der Waals surface area contributed by atoms with E-state index in [0.717, 1.165) is 17.3 Å². The number of benzene rings is 2. The maximum absolute atomic E-state index is 13.5. The SMILES string of the molecule is O=C(CN1C(=O)C(=C2SC(=S)N(Cc3ccco3)C2=O)c2ccccc21)NCc1ccccc1. The van der Waals surface area contributed by atoms with Crippen LogP contribution >= 0.6 is 24.0 Å². The Morgan fingerprint density at radius 2 is 1.71 bits per heavy atom. The molecule has 1 saturated heterocycles. The molecule has 7 nitrogen and oxygen atoms in total. The summed E-state index contributed by atoms with van der Waals surface area (Å²) in [4.78, 5) is 42.5. The lowest BCUT2D eigenvalue weighted by Gasteiger charge is -2.16. The molecule has 1 N–H and O–H groups in total. The summed E-state index contributed by atoms with van der Waals surface area (Å²) in [6, 6.07) is 20.2. The first kappa shape index (κ1) is 22.1. The van der Waals surface area contributed by atoms with E-state index in [2.05, 4.69) is 5.32 Å². The third kappa shape index (κ3) is 4.15. The number of hydrogen-bond donors (Lipinski definition) is 1. The van der Waals surface area contributed by atoms with Crippen LogP contribution in [0.1, 0.15) is 16.9 Å². The van der Waals surface area contributed by atoms with Crippen LogP contribution in [0.25, 0.3) is 5.57 Å². The van der Waals surface area contributed by atoms with E-state index in [1.807, 2.05) is 30.3 Å². The van der Waals surface area contributed by atoms with Gasteiger partial charge in [-0.3, -0.25) is 24.2 Å². The van der Waals surface area contributed by atoms with Gasteiger partial charge >= 0.3 is 0 Å². The van der Waals surface area contributed by atoms with Crippen molar-refractivity contribution in [1.82, 2.24) is 10.2 Å². The number of carbonyl (C=O) groups excluding carboxylic acids is 3. The van der Waals surface area contributed by atoms with E-state index in [1.165, 1.54) is 16.1 Å². The number of anilines is 1. The largest absolute Gasteiger partial charge is 0.467 e. The van der Waals surface area contributed by atoms with Crippen LogP contribution in [0, 0.1) is 0 Å². The number of thioether (sulfide) groups is 1. The Morgan fingerprint density at radius 3 is 2.47 bits per heavy atom. The standard InChI is InChI=1S/C25H19N3O4S2/c29-20(26-13-16-7-2-1-3-8-16)15-27-19-11-5-4-10-18(19)21(23(27)30)22-24(31)28(25(33)34-22)14-17-9-6-12-32-17/h1-12H,13-15H2,(H,26,29). The number of nitrogens with zero attached hydrogens (tertiary/aromatic N) is 2. The summed E-state index contributed by atoms with van der Waals surface area (Å²) < 4.78 is 5.70. The molecule has 0 spiro atoms. The van der Waals surface area contributed by atoms with Crippen LogP contribution in [0.15, 0.2) is 82.3 Å². The minimum atomic E-state index is -0.394. The van der Waals surface area contributed by atoms with Gasteiger partial charge in [0.15, 0.2) is 0 Å². The van der Waals surface area contributed by atoms with Gasteiger partial charge in [-0.2, -0.15) is 0 Å². The summed E-state index contributed by atoms with van der Waals surface area (Å²) >= 11 is 6.52. The van der Waals surface area contributed by atoms with Crippen LogP contribution in [-0.2, 0) is 27.5 Å². The fraction of sp³-hybridized carbons (Fsp3) is 0.120. The molecule has 3 heterocycles. The van der Waals surface area contributed by atoms with E-state index < -0.39 is 5.91 Å². The molecule has 0 bridgehead atoms. The lowest BCUT2D eigenvalue weighted by molar-refractivity contribution is -0.123. The van der Waals surface area contributed by atoms with Crippen molar-refractivity contribution in [2.24, 2.45) is 0 Å². The van der Waals surface area contributed by atoms with Gasteiger partial charge in [-0.25, -0.2) is 0 Å². The van der Waals surface area contributed by atoms with Crippen molar-refractivity contribution in [1.29, 1.82) is 0 Å². The van der Waals surface area contributed by atoms with Gasteiger partial charge in [0.05, 0.1) is 29.0 Å². The van der Waals surface area contributed by atoms with Crippen LogP contribution < -0.4 is 10.2 Å². The maximum Gasteiger partial charge on any atom is 0.267 e. The number of furan rings is 1. The second-order valence-corrected chi connectivity index (χ2v) is 9.36. The highest BCUT2D eigenvalue weighted by Crippen LogP contribution is 2.44. The molecule has 2 aromatic carbocycles. The van der Waals surface area contributed by atoms with E-state index in [9.17, 15) is 14.4 Å². The first-order valence-electron chi connectivity index (χ1n) is 10.5. The monoisotopic (exact) mass is 489 g/mol. The lowest BCUT2D eigenvalue weighted by atomic mass is 10.1. The topological polar surface area (TPSA) is 82.9 Å². The summed E-state index contributed by atoms with van der Waals surface area (Å²) in [5.41, 5.74) is 2.44. The fourth-order valence-electron chi connectivity index (χ4n) is 3.90. The molecule has 0 atom stereocenters. The Kier molecular flexibility index (Phi) is 6.04. The summed E-state index contributed by atoms with van der Waals surface area (Å²) in [7, 11) is 0. The number of fused-ring (bicyclic) bond motifs is 1. The minimum Gasteiger partial charge on any atom is -0.467 e. The van der Waals surface area contributed by atoms with Crippen molar-refractivity contribution in [3.63, 3.8) is 0 Å². The molecule has 5 rings (SSSR count). The summed E-state index contributed by atoms with van der Waals surface area (Å²) in [5.74, 6) is -0.439. The molecule has 1 aromatic heterocycles. The lowest BCUT2D eigenvalue weighted by Crippen LogP contribution is -2.38. The molecule has 34 heavy (non-hydrogen) atoms. The van der Waals surface area contributed by atoms with E-state index in [0.29, 0.717) is 27.9 Å². The highest BCUT2D eigenvalue weighted by Gasteiger charge is 2.42. The quantitative estimate of drug-likeness (QED) is 0.420. The van der Waals surface area contributed by atoms with E-state index >= 15 is 0 Å². The van der Waals surface area contributed by atoms with E-state index in [-0.39, 0.29) is 35.4 Å². The number of nitrogens with one attached hydrogen (secondary N) is 1. The highest BCUT2D eigenvalue weighted by molar-refractivity contribution is 8.26. The molecule has 3 aromatic rings. The molecule has 170 valence electrons. The first-order chi connectivity index (χ1) is 16.5. The molecular formula is C25H19N3O4S2. The molecule has 1 fully saturated rings. The van der Waals surface area contributed by atoms with Crippen LogP contribution in [0.3, 0.4) is 0 Å². The first-order valence-corrected chi connectivity index (χ1v) is 11.8. The zero-order chi connectivity index (χ0) is 23.7. The zero-order valence-corrected chi connectivity index (χ0v) is 19.5. The van der Waals surface area contributed by atoms with Gasteiger partial charge in [0, 0.05) is 12.1 Å². The van der Waals surface area contributed by atoms with Gasteiger partial charge in [-0.1, -0.05) is 72.5 Å². The molecule has 0 aliphatic carbocycles. The third-order valence-corrected chi connectivity index (χ3v) is 6.98. The Labute approximate surface area is 205 Å². The predicted molar refractivity (Wildman–Crippen MR) is 133 cm³/mol. The number of hydrogen-bond acceptors (Lipinski definition) is 6. The number of carbonyl (C=O) groups is 3. The van der Waals surface area contributed by atoms with Gasteiger partial charge in [0.1, 0.15) is 16.6 Å². The number of rotatable bonds is 6. The van der Waals surface area contributed by atoms with Gasteiger partial charge in [-0.05, 0) is 23.8 Å². The minimum absolute atomic E-state index is 0.154. The molecule has 0 saturated carbocycles. The molecule has 0 radical (unpaired) electrons. The normalized spacial score (nSPS) is 17.5. The van der Waals surface area contributed by atoms with Crippen LogP contribution in [0.4, 0.5) is 5.69 Å². The zero-order valence-electron chi connectivity index (χ0n) is 17.9. The van der Waals surface area contributed by atoms with Gasteiger partial charge in [0.25, 0.3) is 11.8 Å². The molecule has 2 aliphatic rings. The molecule has 0 unspecified atom stereocenters. The van der Waals surface area contributed by atoms with Crippen molar-refractivity contribution >= 4 is 57.3 Å². The Morgan fingerprint density at radius 1 is 0.941 bits per heavy atom. The predicted octanol–water partition coefficient (Wildman–Crippen LogP) is 3.71. The molecule has 2 aliphatic heterocycles. The van der Waals surface area contributed by atoms with Crippen LogP contribution in [-0.4, -0.2) is 33.5 Å². The number of amides is 3. The third-order valence-electron chi connectivity index (χ3n) is 5.53. The van der Waals surface area contributed by atoms with Crippen LogP contribution in [0.2, 0.25) is 0 Å². The summed E-state index contributed by atoms with van der Waals surface area (Å²) in [5, 5.41) is 2.85.